The van der Waals surface area contributed by atoms with Crippen LogP contribution in [0.5, 0.6) is 11.5 Å². The second-order valence-electron chi connectivity index (χ2n) is 7.40. The summed E-state index contributed by atoms with van der Waals surface area (Å²) < 4.78 is 73.6. The van der Waals surface area contributed by atoms with Crippen LogP contribution in [0.2, 0.25) is 0 Å². The fraction of sp³-hybridized carbons (Fsp3) is 0.400. The van der Waals surface area contributed by atoms with Crippen molar-refractivity contribution in [3.8, 4) is 11.5 Å². The molecule has 1 aliphatic rings. The molecule has 0 aliphatic heterocycles. The monoisotopic (exact) mass is 504 g/mol. The van der Waals surface area contributed by atoms with Crippen LogP contribution in [-0.2, 0) is 20.2 Å². The normalized spacial score (nSPS) is 18.7. The average molecular weight is 505 g/mol. The molecule has 0 atom stereocenters. The van der Waals surface area contributed by atoms with Gasteiger partial charge in [0, 0.05) is 0 Å². The van der Waals surface area contributed by atoms with Crippen LogP contribution in [0.1, 0.15) is 25.7 Å². The Balaban J connectivity index is 0.00000256. The molecule has 0 unspecified atom stereocenters. The van der Waals surface area contributed by atoms with Gasteiger partial charge >= 0.3 is 59.1 Å². The standard InChI is InChI=1S/C20H24O8S2.2Na.2H/c21-29(22,23)19-9-5-17(6-10-19)27-13-15-1-2-16(4-3-15)14-28-18-7-11-20(12-8-18)30(24,25)26;;;;/h5-12,15-16H,1-4,13-14H2,(H,21,22,23)(H,24,25,26);;;;. The molecule has 0 amide bonds. The molecule has 2 aromatic rings. The Morgan fingerprint density at radius 1 is 0.625 bits per heavy atom. The zero-order valence-electron chi connectivity index (χ0n) is 16.2. The number of benzene rings is 2. The van der Waals surface area contributed by atoms with Crippen LogP contribution in [0.3, 0.4) is 0 Å². The van der Waals surface area contributed by atoms with E-state index in [1.165, 1.54) is 48.5 Å². The van der Waals surface area contributed by atoms with Crippen molar-refractivity contribution in [3.05, 3.63) is 48.5 Å². The van der Waals surface area contributed by atoms with Gasteiger partial charge in [0.15, 0.2) is 0 Å². The second-order valence-corrected chi connectivity index (χ2v) is 10.2. The van der Waals surface area contributed by atoms with Gasteiger partial charge in [0.2, 0.25) is 0 Å². The first-order chi connectivity index (χ1) is 14.1. The van der Waals surface area contributed by atoms with Crippen molar-refractivity contribution >= 4 is 79.4 Å². The fourth-order valence-corrected chi connectivity index (χ4v) is 4.37. The molecule has 0 radical (unpaired) electrons. The molecule has 0 bridgehead atoms. The maximum atomic E-state index is 11.0. The Bertz CT molecular complexity index is 960. The third kappa shape index (κ3) is 9.25. The van der Waals surface area contributed by atoms with E-state index in [0.29, 0.717) is 36.5 Å². The van der Waals surface area contributed by atoms with Crippen molar-refractivity contribution in [1.82, 2.24) is 0 Å². The molecule has 1 aliphatic carbocycles. The van der Waals surface area contributed by atoms with E-state index in [2.05, 4.69) is 0 Å². The average Bonchev–Trinajstić information content (AvgIpc) is 2.71. The van der Waals surface area contributed by atoms with Gasteiger partial charge in [-0.1, -0.05) is 0 Å². The first kappa shape index (κ1) is 29.9. The number of ether oxygens (including phenoxy) is 2. The number of rotatable bonds is 8. The van der Waals surface area contributed by atoms with Gasteiger partial charge in [-0.25, -0.2) is 0 Å². The molecule has 8 nitrogen and oxygen atoms in total. The van der Waals surface area contributed by atoms with Crippen LogP contribution in [0.15, 0.2) is 58.3 Å². The molecule has 12 heteroatoms. The van der Waals surface area contributed by atoms with E-state index in [4.69, 9.17) is 18.6 Å². The van der Waals surface area contributed by atoms with Gasteiger partial charge in [0.25, 0.3) is 20.2 Å². The quantitative estimate of drug-likeness (QED) is 0.414. The SMILES string of the molecule is O=S(=O)(O)c1ccc(OCC2CCC(COc3ccc(S(=O)(=O)O)cc3)CC2)cc1.[NaH].[NaH]. The van der Waals surface area contributed by atoms with Crippen molar-refractivity contribution in [2.75, 3.05) is 13.2 Å². The third-order valence-electron chi connectivity index (χ3n) is 5.18. The van der Waals surface area contributed by atoms with Crippen LogP contribution in [0.4, 0.5) is 0 Å². The molecule has 32 heavy (non-hydrogen) atoms. The topological polar surface area (TPSA) is 127 Å². The Morgan fingerprint density at radius 3 is 1.16 bits per heavy atom. The van der Waals surface area contributed by atoms with Crippen LogP contribution >= 0.6 is 0 Å². The first-order valence-electron chi connectivity index (χ1n) is 9.52. The van der Waals surface area contributed by atoms with Gasteiger partial charge in [0.1, 0.15) is 11.5 Å². The minimum atomic E-state index is -4.20. The summed E-state index contributed by atoms with van der Waals surface area (Å²) >= 11 is 0. The molecule has 1 saturated carbocycles. The van der Waals surface area contributed by atoms with E-state index in [-0.39, 0.29) is 68.9 Å². The molecule has 0 heterocycles. The summed E-state index contributed by atoms with van der Waals surface area (Å²) in [5, 5.41) is 0. The van der Waals surface area contributed by atoms with Gasteiger partial charge < -0.3 is 9.47 Å². The zero-order chi connectivity index (χ0) is 21.8. The molecule has 3 rings (SSSR count). The van der Waals surface area contributed by atoms with E-state index in [1.54, 1.807) is 0 Å². The van der Waals surface area contributed by atoms with Gasteiger partial charge in [-0.15, -0.1) is 0 Å². The molecule has 1 fully saturated rings. The molecule has 0 saturated heterocycles. The summed E-state index contributed by atoms with van der Waals surface area (Å²) in [6, 6.07) is 11.3. The molecule has 2 N–H and O–H groups in total. The van der Waals surface area contributed by atoms with Crippen LogP contribution in [0.25, 0.3) is 0 Å². The van der Waals surface area contributed by atoms with E-state index < -0.39 is 20.2 Å². The van der Waals surface area contributed by atoms with E-state index >= 15 is 0 Å². The van der Waals surface area contributed by atoms with Crippen molar-refractivity contribution in [1.29, 1.82) is 0 Å². The maximum absolute atomic E-state index is 11.0. The van der Waals surface area contributed by atoms with Crippen molar-refractivity contribution in [2.45, 2.75) is 35.5 Å². The molecular formula is C20H26Na2O8S2. The van der Waals surface area contributed by atoms with E-state index in [9.17, 15) is 16.8 Å². The number of hydrogen-bond donors (Lipinski definition) is 2. The second kappa shape index (κ2) is 13.1. The first-order valence-corrected chi connectivity index (χ1v) is 12.4. The summed E-state index contributed by atoms with van der Waals surface area (Å²) in [6.45, 7) is 1.08. The molecule has 0 spiro atoms. The number of hydrogen-bond acceptors (Lipinski definition) is 6. The van der Waals surface area contributed by atoms with Gasteiger partial charge in [-0.3, -0.25) is 9.11 Å². The van der Waals surface area contributed by atoms with Crippen molar-refractivity contribution < 1.29 is 35.4 Å². The predicted molar refractivity (Wildman–Crippen MR) is 123 cm³/mol. The third-order valence-corrected chi connectivity index (χ3v) is 6.92. The Morgan fingerprint density at radius 2 is 0.906 bits per heavy atom. The molecular weight excluding hydrogens is 478 g/mol. The molecule has 0 aromatic heterocycles. The van der Waals surface area contributed by atoms with Crippen molar-refractivity contribution in [3.63, 3.8) is 0 Å². The van der Waals surface area contributed by atoms with Gasteiger partial charge in [-0.05, 0) is 86.1 Å². The predicted octanol–water partition coefficient (Wildman–Crippen LogP) is 2.15. The molecule has 2 aromatic carbocycles. The van der Waals surface area contributed by atoms with E-state index in [1.807, 2.05) is 0 Å². The van der Waals surface area contributed by atoms with Crippen LogP contribution in [-0.4, -0.2) is 98.3 Å². The summed E-state index contributed by atoms with van der Waals surface area (Å²) in [5.41, 5.74) is 0. The van der Waals surface area contributed by atoms with Gasteiger partial charge in [-0.2, -0.15) is 16.8 Å². The zero-order valence-corrected chi connectivity index (χ0v) is 17.8. The molecule has 168 valence electrons. The Hall–Kier alpha value is -0.140. The van der Waals surface area contributed by atoms with Crippen molar-refractivity contribution in [2.24, 2.45) is 11.8 Å². The summed E-state index contributed by atoms with van der Waals surface area (Å²) in [6.07, 6.45) is 3.94. The summed E-state index contributed by atoms with van der Waals surface area (Å²) in [5.74, 6) is 1.91. The summed E-state index contributed by atoms with van der Waals surface area (Å²) in [4.78, 5) is -0.328. The van der Waals surface area contributed by atoms with Gasteiger partial charge in [0.05, 0.1) is 23.0 Å². The fourth-order valence-electron chi connectivity index (χ4n) is 3.41. The minimum absolute atomic E-state index is 0. The van der Waals surface area contributed by atoms with Crippen LogP contribution < -0.4 is 9.47 Å². The summed E-state index contributed by atoms with van der Waals surface area (Å²) in [7, 11) is -8.40. The van der Waals surface area contributed by atoms with E-state index in [0.717, 1.165) is 25.7 Å². The Labute approximate surface area is 233 Å². The van der Waals surface area contributed by atoms with Crippen LogP contribution in [0, 0.1) is 11.8 Å². The Kier molecular flexibility index (Phi) is 12.2.